The van der Waals surface area contributed by atoms with Gasteiger partial charge in [0.1, 0.15) is 5.56 Å². The number of nitrogens with zero attached hydrogens (tertiary/aromatic N) is 4. The molecular formula is C21H24N4O3. The third-order valence-electron chi connectivity index (χ3n) is 5.68. The van der Waals surface area contributed by atoms with Crippen LogP contribution in [0.3, 0.4) is 0 Å². The molecule has 0 atom stereocenters. The summed E-state index contributed by atoms with van der Waals surface area (Å²) in [5, 5.41) is 14.6. The van der Waals surface area contributed by atoms with Gasteiger partial charge in [0.15, 0.2) is 0 Å². The zero-order valence-electron chi connectivity index (χ0n) is 15.9. The number of likely N-dealkylation sites (tertiary alicyclic amines) is 1. The van der Waals surface area contributed by atoms with Crippen molar-refractivity contribution in [1.29, 1.82) is 0 Å². The number of aromatic nitrogens is 3. The Labute approximate surface area is 163 Å². The summed E-state index contributed by atoms with van der Waals surface area (Å²) in [5.41, 5.74) is 2.08. The van der Waals surface area contributed by atoms with Crippen LogP contribution < -0.4 is 0 Å². The fourth-order valence-electron chi connectivity index (χ4n) is 4.07. The van der Waals surface area contributed by atoms with Crippen molar-refractivity contribution in [2.45, 2.75) is 38.8 Å². The zero-order valence-corrected chi connectivity index (χ0v) is 15.9. The molecule has 0 bridgehead atoms. The second kappa shape index (κ2) is 7.50. The van der Waals surface area contributed by atoms with Crippen LogP contribution in [0.1, 0.15) is 41.4 Å². The van der Waals surface area contributed by atoms with Crippen LogP contribution in [0.15, 0.2) is 42.7 Å². The number of piperidine rings is 1. The average molecular weight is 380 g/mol. The first kappa shape index (κ1) is 18.3. The lowest BCUT2D eigenvalue weighted by Crippen LogP contribution is -2.39. The van der Waals surface area contributed by atoms with Crippen molar-refractivity contribution < 1.29 is 14.7 Å². The van der Waals surface area contributed by atoms with Gasteiger partial charge in [-0.3, -0.25) is 9.48 Å². The number of carbonyl (C=O) groups is 2. The van der Waals surface area contributed by atoms with Gasteiger partial charge >= 0.3 is 5.97 Å². The molecule has 3 aromatic rings. The van der Waals surface area contributed by atoms with Gasteiger partial charge in [-0.25, -0.2) is 4.79 Å². The highest BCUT2D eigenvalue weighted by molar-refractivity contribution is 5.88. The second-order valence-corrected chi connectivity index (χ2v) is 7.32. The smallest absolute Gasteiger partial charge is 0.339 e. The summed E-state index contributed by atoms with van der Waals surface area (Å²) in [5.74, 6) is -0.784. The van der Waals surface area contributed by atoms with Gasteiger partial charge in [0.2, 0.25) is 5.91 Å². The number of carboxylic acids is 1. The molecule has 0 unspecified atom stereocenters. The summed E-state index contributed by atoms with van der Waals surface area (Å²) in [6.07, 6.45) is 5.51. The molecular weight excluding hydrogens is 356 g/mol. The highest BCUT2D eigenvalue weighted by atomic mass is 16.4. The van der Waals surface area contributed by atoms with Crippen molar-refractivity contribution in [1.82, 2.24) is 19.2 Å². The van der Waals surface area contributed by atoms with Crippen molar-refractivity contribution in [2.75, 3.05) is 13.1 Å². The molecule has 1 amide bonds. The van der Waals surface area contributed by atoms with E-state index in [0.29, 0.717) is 31.7 Å². The number of hydrogen-bond donors (Lipinski definition) is 1. The van der Waals surface area contributed by atoms with Crippen LogP contribution in [0.4, 0.5) is 0 Å². The Morgan fingerprint density at radius 2 is 1.93 bits per heavy atom. The third-order valence-corrected chi connectivity index (χ3v) is 5.68. The van der Waals surface area contributed by atoms with Gasteiger partial charge in [0.05, 0.1) is 17.9 Å². The van der Waals surface area contributed by atoms with Gasteiger partial charge < -0.3 is 14.6 Å². The topological polar surface area (TPSA) is 80.4 Å². The monoisotopic (exact) mass is 380 g/mol. The molecule has 1 aliphatic rings. The normalized spacial score (nSPS) is 15.2. The van der Waals surface area contributed by atoms with Crippen molar-refractivity contribution in [2.24, 2.45) is 0 Å². The number of para-hydroxylation sites is 1. The van der Waals surface area contributed by atoms with Crippen molar-refractivity contribution >= 4 is 22.8 Å². The molecule has 0 radical (unpaired) electrons. The molecule has 1 aromatic carbocycles. The Kier molecular flexibility index (Phi) is 4.90. The fourth-order valence-corrected chi connectivity index (χ4v) is 4.07. The molecule has 7 heteroatoms. The number of amides is 1. The lowest BCUT2D eigenvalue weighted by Gasteiger charge is -2.32. The van der Waals surface area contributed by atoms with E-state index in [0.717, 1.165) is 18.4 Å². The van der Waals surface area contributed by atoms with E-state index in [2.05, 4.69) is 27.9 Å². The summed E-state index contributed by atoms with van der Waals surface area (Å²) in [6, 6.07) is 10.4. The lowest BCUT2D eigenvalue weighted by molar-refractivity contribution is -0.132. The molecule has 7 nitrogen and oxygen atoms in total. The van der Waals surface area contributed by atoms with E-state index in [1.54, 1.807) is 11.6 Å². The molecule has 146 valence electrons. The predicted octanol–water partition coefficient (Wildman–Crippen LogP) is 3.10. The van der Waals surface area contributed by atoms with E-state index in [1.165, 1.54) is 11.6 Å². The first-order valence-corrected chi connectivity index (χ1v) is 9.63. The molecule has 4 rings (SSSR count). The Morgan fingerprint density at radius 1 is 1.18 bits per heavy atom. The van der Waals surface area contributed by atoms with E-state index in [-0.39, 0.29) is 17.5 Å². The summed E-state index contributed by atoms with van der Waals surface area (Å²) in [4.78, 5) is 25.8. The Morgan fingerprint density at radius 3 is 2.64 bits per heavy atom. The number of carbonyl (C=O) groups excluding carboxylic acids is 1. The molecule has 0 saturated carbocycles. The van der Waals surface area contributed by atoms with Gasteiger partial charge in [-0.05, 0) is 37.3 Å². The molecule has 3 heterocycles. The maximum absolute atomic E-state index is 12.6. The third kappa shape index (κ3) is 3.40. The molecule has 1 saturated heterocycles. The highest BCUT2D eigenvalue weighted by Gasteiger charge is 2.26. The van der Waals surface area contributed by atoms with E-state index in [1.807, 2.05) is 23.2 Å². The summed E-state index contributed by atoms with van der Waals surface area (Å²) in [6.45, 7) is 3.82. The number of fused-ring (bicyclic) bond motifs is 1. The van der Waals surface area contributed by atoms with Crippen molar-refractivity contribution in [3.05, 3.63) is 54.0 Å². The van der Waals surface area contributed by atoms with Crippen LogP contribution in [-0.4, -0.2) is 49.3 Å². The minimum atomic E-state index is -0.950. The molecule has 0 aliphatic carbocycles. The first-order chi connectivity index (χ1) is 13.5. The molecule has 1 fully saturated rings. The molecule has 2 aromatic heterocycles. The van der Waals surface area contributed by atoms with Gasteiger partial charge in [-0.15, -0.1) is 0 Å². The number of hydrogen-bond acceptors (Lipinski definition) is 3. The van der Waals surface area contributed by atoms with E-state index >= 15 is 0 Å². The number of aromatic carboxylic acids is 1. The average Bonchev–Trinajstić information content (AvgIpc) is 3.30. The van der Waals surface area contributed by atoms with Crippen LogP contribution in [0.5, 0.6) is 0 Å². The molecule has 0 spiro atoms. The van der Waals surface area contributed by atoms with Crippen molar-refractivity contribution in [3.63, 3.8) is 0 Å². The number of benzene rings is 1. The molecule has 28 heavy (non-hydrogen) atoms. The minimum Gasteiger partial charge on any atom is -0.478 e. The van der Waals surface area contributed by atoms with Gasteiger partial charge in [0.25, 0.3) is 0 Å². The highest BCUT2D eigenvalue weighted by Crippen LogP contribution is 2.25. The summed E-state index contributed by atoms with van der Waals surface area (Å²) in [7, 11) is 0. The number of rotatable bonds is 5. The van der Waals surface area contributed by atoms with Crippen LogP contribution in [0.25, 0.3) is 10.9 Å². The lowest BCUT2D eigenvalue weighted by atomic mass is 10.0. The number of aryl methyl sites for hydroxylation is 1. The summed E-state index contributed by atoms with van der Waals surface area (Å²) < 4.78 is 3.93. The van der Waals surface area contributed by atoms with Crippen LogP contribution in [0.2, 0.25) is 0 Å². The fraction of sp³-hybridized carbons (Fsp3) is 0.381. The maximum Gasteiger partial charge on any atom is 0.339 e. The van der Waals surface area contributed by atoms with E-state index < -0.39 is 5.97 Å². The van der Waals surface area contributed by atoms with Crippen LogP contribution >= 0.6 is 0 Å². The van der Waals surface area contributed by atoms with Crippen LogP contribution in [-0.2, 0) is 11.3 Å². The second-order valence-electron chi connectivity index (χ2n) is 7.32. The van der Waals surface area contributed by atoms with Gasteiger partial charge in [0, 0.05) is 37.8 Å². The van der Waals surface area contributed by atoms with Crippen molar-refractivity contribution in [3.8, 4) is 0 Å². The first-order valence-electron chi connectivity index (χ1n) is 9.63. The molecule has 1 N–H and O–H groups in total. The minimum absolute atomic E-state index is 0.144. The largest absolute Gasteiger partial charge is 0.478 e. The predicted molar refractivity (Wildman–Crippen MR) is 105 cm³/mol. The Hall–Kier alpha value is -3.09. The quantitative estimate of drug-likeness (QED) is 0.738. The van der Waals surface area contributed by atoms with Gasteiger partial charge in [-0.1, -0.05) is 18.2 Å². The summed E-state index contributed by atoms with van der Waals surface area (Å²) >= 11 is 0. The van der Waals surface area contributed by atoms with Gasteiger partial charge in [-0.2, -0.15) is 5.10 Å². The Balaban J connectivity index is 1.33. The SMILES string of the molecule is Cc1c(C(=O)O)cnn1C1CCN(C(=O)CCn2ccc3ccccc32)CC1. The number of carboxylic acid groups (broad SMARTS) is 1. The van der Waals surface area contributed by atoms with E-state index in [9.17, 15) is 14.7 Å². The van der Waals surface area contributed by atoms with Crippen LogP contribution in [0, 0.1) is 6.92 Å². The maximum atomic E-state index is 12.6. The van der Waals surface area contributed by atoms with E-state index in [4.69, 9.17) is 0 Å². The molecule has 1 aliphatic heterocycles. The standard InChI is InChI=1S/C21H24N4O3/c1-15-18(21(27)28)14-22-25(15)17-7-11-24(12-8-17)20(26)9-13-23-10-6-16-4-2-3-5-19(16)23/h2-6,10,14,17H,7-9,11-13H2,1H3,(H,27,28). The zero-order chi connectivity index (χ0) is 19.7. The Bertz CT molecular complexity index is 1010.